The zero-order valence-electron chi connectivity index (χ0n) is 12.5. The van der Waals surface area contributed by atoms with E-state index in [0.717, 1.165) is 48.5 Å². The number of benzene rings is 1. The first-order chi connectivity index (χ1) is 10.2. The van der Waals surface area contributed by atoms with Gasteiger partial charge in [0.1, 0.15) is 5.82 Å². The molecule has 0 unspecified atom stereocenters. The Kier molecular flexibility index (Phi) is 4.06. The van der Waals surface area contributed by atoms with Crippen molar-refractivity contribution in [2.24, 2.45) is 5.92 Å². The lowest BCUT2D eigenvalue weighted by Gasteiger charge is -2.36. The van der Waals surface area contributed by atoms with Gasteiger partial charge in [-0.3, -0.25) is 4.98 Å². The Morgan fingerprint density at radius 1 is 1.24 bits per heavy atom. The monoisotopic (exact) mass is 285 g/mol. The Morgan fingerprint density at radius 3 is 2.67 bits per heavy atom. The molecular formula is C17H23N3O. The maximum atomic E-state index is 10.6. The number of hydrogen-bond donors (Lipinski definition) is 2. The van der Waals surface area contributed by atoms with Crippen LogP contribution in [0.5, 0.6) is 0 Å². The molecule has 112 valence electrons. The highest BCUT2D eigenvalue weighted by atomic mass is 16.3. The van der Waals surface area contributed by atoms with Gasteiger partial charge in [-0.05, 0) is 43.7 Å². The maximum absolute atomic E-state index is 10.6. The molecule has 1 aliphatic rings. The highest BCUT2D eigenvalue weighted by Gasteiger charge is 2.32. The molecule has 1 saturated carbocycles. The Morgan fingerprint density at radius 2 is 1.95 bits per heavy atom. The highest BCUT2D eigenvalue weighted by Crippen LogP contribution is 2.33. The van der Waals surface area contributed by atoms with Crippen molar-refractivity contribution in [2.45, 2.75) is 44.6 Å². The predicted octanol–water partition coefficient (Wildman–Crippen LogP) is 3.37. The van der Waals surface area contributed by atoms with Crippen molar-refractivity contribution in [3.8, 4) is 0 Å². The van der Waals surface area contributed by atoms with Crippen molar-refractivity contribution >= 4 is 16.9 Å². The second kappa shape index (κ2) is 5.98. The van der Waals surface area contributed by atoms with Crippen LogP contribution in [-0.4, -0.2) is 27.2 Å². The van der Waals surface area contributed by atoms with Crippen LogP contribution in [0.25, 0.3) is 11.0 Å². The second-order valence-corrected chi connectivity index (χ2v) is 6.17. The van der Waals surface area contributed by atoms with Crippen LogP contribution in [0.2, 0.25) is 0 Å². The van der Waals surface area contributed by atoms with E-state index in [2.05, 4.69) is 22.2 Å². The lowest BCUT2D eigenvalue weighted by molar-refractivity contribution is 0.00223. The number of rotatable bonds is 4. The minimum atomic E-state index is -0.598. The number of nitrogens with zero attached hydrogens (tertiary/aromatic N) is 2. The van der Waals surface area contributed by atoms with Gasteiger partial charge in [0.2, 0.25) is 0 Å². The van der Waals surface area contributed by atoms with E-state index in [1.54, 1.807) is 6.20 Å². The molecule has 1 aromatic carbocycles. The molecule has 3 rings (SSSR count). The number of para-hydroxylation sites is 2. The summed E-state index contributed by atoms with van der Waals surface area (Å²) in [6.07, 6.45) is 6.96. The van der Waals surface area contributed by atoms with Gasteiger partial charge in [-0.25, -0.2) is 4.98 Å². The summed E-state index contributed by atoms with van der Waals surface area (Å²) < 4.78 is 0. The summed E-state index contributed by atoms with van der Waals surface area (Å²) in [5.74, 6) is 1.52. The predicted molar refractivity (Wildman–Crippen MR) is 85.2 cm³/mol. The van der Waals surface area contributed by atoms with Crippen molar-refractivity contribution in [3.63, 3.8) is 0 Å². The molecule has 0 radical (unpaired) electrons. The lowest BCUT2D eigenvalue weighted by Crippen LogP contribution is -2.40. The van der Waals surface area contributed by atoms with Gasteiger partial charge >= 0.3 is 0 Å². The molecule has 1 heterocycles. The summed E-state index contributed by atoms with van der Waals surface area (Å²) in [5, 5.41) is 13.9. The quantitative estimate of drug-likeness (QED) is 0.904. The molecular weight excluding hydrogens is 262 g/mol. The van der Waals surface area contributed by atoms with Crippen LogP contribution in [0.1, 0.15) is 39.0 Å². The molecule has 1 fully saturated rings. The third-order valence-electron chi connectivity index (χ3n) is 4.66. The Hall–Kier alpha value is -1.68. The van der Waals surface area contributed by atoms with Crippen LogP contribution in [0.3, 0.4) is 0 Å². The topological polar surface area (TPSA) is 58.0 Å². The molecule has 0 spiro atoms. The fourth-order valence-electron chi connectivity index (χ4n) is 3.10. The van der Waals surface area contributed by atoms with Gasteiger partial charge in [0.25, 0.3) is 0 Å². The van der Waals surface area contributed by atoms with E-state index in [-0.39, 0.29) is 0 Å². The molecule has 0 saturated heterocycles. The number of fused-ring (bicyclic) bond motifs is 1. The fourth-order valence-corrected chi connectivity index (χ4v) is 3.10. The minimum Gasteiger partial charge on any atom is -0.388 e. The van der Waals surface area contributed by atoms with Crippen LogP contribution in [0.4, 0.5) is 5.82 Å². The second-order valence-electron chi connectivity index (χ2n) is 6.17. The third-order valence-corrected chi connectivity index (χ3v) is 4.66. The van der Waals surface area contributed by atoms with Crippen LogP contribution >= 0.6 is 0 Å². The first-order valence-corrected chi connectivity index (χ1v) is 7.86. The van der Waals surface area contributed by atoms with Crippen LogP contribution in [0, 0.1) is 5.92 Å². The smallest absolute Gasteiger partial charge is 0.145 e. The molecule has 4 nitrogen and oxygen atoms in total. The van der Waals surface area contributed by atoms with Crippen molar-refractivity contribution in [1.82, 2.24) is 9.97 Å². The normalized spacial score (nSPS) is 25.9. The molecule has 1 aliphatic carbocycles. The van der Waals surface area contributed by atoms with E-state index in [1.165, 1.54) is 6.42 Å². The van der Waals surface area contributed by atoms with E-state index in [0.29, 0.717) is 6.54 Å². The molecule has 0 amide bonds. The SMILES string of the molecule is CCC1CCC(O)(CNc2cnc3ccccc3n2)CC1. The summed E-state index contributed by atoms with van der Waals surface area (Å²) in [4.78, 5) is 8.92. The van der Waals surface area contributed by atoms with Gasteiger partial charge < -0.3 is 10.4 Å². The van der Waals surface area contributed by atoms with Crippen molar-refractivity contribution in [1.29, 1.82) is 0 Å². The Labute approximate surface area is 125 Å². The lowest BCUT2D eigenvalue weighted by atomic mass is 9.78. The number of nitrogens with one attached hydrogen (secondary N) is 1. The van der Waals surface area contributed by atoms with Gasteiger partial charge in [0.05, 0.1) is 22.8 Å². The van der Waals surface area contributed by atoms with Crippen molar-refractivity contribution < 1.29 is 5.11 Å². The number of hydrogen-bond acceptors (Lipinski definition) is 4. The summed E-state index contributed by atoms with van der Waals surface area (Å²) in [5.41, 5.74) is 1.17. The van der Waals surface area contributed by atoms with E-state index < -0.39 is 5.60 Å². The average Bonchev–Trinajstić information content (AvgIpc) is 2.54. The van der Waals surface area contributed by atoms with E-state index in [9.17, 15) is 5.11 Å². The van der Waals surface area contributed by atoms with E-state index in [1.807, 2.05) is 24.3 Å². The Balaban J connectivity index is 1.63. The first-order valence-electron chi connectivity index (χ1n) is 7.86. The molecule has 1 aromatic heterocycles. The summed E-state index contributed by atoms with van der Waals surface area (Å²) in [7, 11) is 0. The molecule has 2 N–H and O–H groups in total. The van der Waals surface area contributed by atoms with Crippen LogP contribution < -0.4 is 5.32 Å². The van der Waals surface area contributed by atoms with Gasteiger partial charge in [0, 0.05) is 6.54 Å². The zero-order valence-corrected chi connectivity index (χ0v) is 12.5. The standard InChI is InChI=1S/C17H23N3O/c1-2-13-7-9-17(21,10-8-13)12-19-16-11-18-14-5-3-4-6-15(14)20-16/h3-6,11,13,21H,2,7-10,12H2,1H3,(H,19,20). The molecule has 2 aromatic rings. The van der Waals surface area contributed by atoms with Gasteiger partial charge in [-0.15, -0.1) is 0 Å². The van der Waals surface area contributed by atoms with Gasteiger partial charge in [-0.1, -0.05) is 25.5 Å². The van der Waals surface area contributed by atoms with Crippen molar-refractivity contribution in [2.75, 3.05) is 11.9 Å². The zero-order chi connectivity index (χ0) is 14.7. The Bertz CT molecular complexity index is 606. The minimum absolute atomic E-state index is 0.552. The molecule has 0 bridgehead atoms. The molecule has 21 heavy (non-hydrogen) atoms. The summed E-state index contributed by atoms with van der Waals surface area (Å²) in [6, 6.07) is 7.82. The first kappa shape index (κ1) is 14.3. The van der Waals surface area contributed by atoms with Crippen molar-refractivity contribution in [3.05, 3.63) is 30.5 Å². The summed E-state index contributed by atoms with van der Waals surface area (Å²) in [6.45, 7) is 2.79. The van der Waals surface area contributed by atoms with Crippen LogP contribution in [-0.2, 0) is 0 Å². The third kappa shape index (κ3) is 3.32. The number of aliphatic hydroxyl groups is 1. The molecule has 0 atom stereocenters. The van der Waals surface area contributed by atoms with E-state index in [4.69, 9.17) is 0 Å². The average molecular weight is 285 g/mol. The summed E-state index contributed by atoms with van der Waals surface area (Å²) >= 11 is 0. The molecule has 4 heteroatoms. The van der Waals surface area contributed by atoms with E-state index >= 15 is 0 Å². The maximum Gasteiger partial charge on any atom is 0.145 e. The largest absolute Gasteiger partial charge is 0.388 e. The van der Waals surface area contributed by atoms with Gasteiger partial charge in [0.15, 0.2) is 0 Å². The number of anilines is 1. The highest BCUT2D eigenvalue weighted by molar-refractivity contribution is 5.75. The fraction of sp³-hybridized carbons (Fsp3) is 0.529. The number of aromatic nitrogens is 2. The van der Waals surface area contributed by atoms with Crippen LogP contribution in [0.15, 0.2) is 30.5 Å². The van der Waals surface area contributed by atoms with Gasteiger partial charge in [-0.2, -0.15) is 0 Å². The molecule has 0 aliphatic heterocycles.